The van der Waals surface area contributed by atoms with Crippen LogP contribution in [0.5, 0.6) is 0 Å². The minimum atomic E-state index is 0.0736. The van der Waals surface area contributed by atoms with E-state index < -0.39 is 0 Å². The maximum atomic E-state index is 13.1. The zero-order valence-electron chi connectivity index (χ0n) is 15.4. The first kappa shape index (κ1) is 17.0. The monoisotopic (exact) mass is 346 g/mol. The number of likely N-dealkylation sites (tertiary alicyclic amines) is 2. The molecule has 3 aliphatic rings. The minimum Gasteiger partial charge on any atom is -0.341 e. The fourth-order valence-corrected chi connectivity index (χ4v) is 5.10. The maximum Gasteiger partial charge on any atom is 0.239 e. The Hall–Kier alpha value is -1.47. The Balaban J connectivity index is 1.37. The molecule has 1 aromatic rings. The van der Waals surface area contributed by atoms with Crippen molar-refractivity contribution in [1.29, 1.82) is 0 Å². The Morgan fingerprint density at radius 1 is 1.24 bits per heavy atom. The van der Waals surface area contributed by atoms with Crippen LogP contribution in [0.3, 0.4) is 0 Å². The SMILES string of the molecule is CN1CC2(CCNCC2)CC1C(=O)N1CCC(c2nncn2C)CC1. The van der Waals surface area contributed by atoms with E-state index in [1.165, 1.54) is 12.8 Å². The van der Waals surface area contributed by atoms with Gasteiger partial charge in [-0.15, -0.1) is 10.2 Å². The van der Waals surface area contributed by atoms with Gasteiger partial charge in [-0.25, -0.2) is 0 Å². The third-order valence-electron chi connectivity index (χ3n) is 6.61. The van der Waals surface area contributed by atoms with Crippen LogP contribution < -0.4 is 5.32 Å². The highest BCUT2D eigenvalue weighted by Crippen LogP contribution is 2.42. The Labute approximate surface area is 149 Å². The first-order valence-corrected chi connectivity index (χ1v) is 9.62. The van der Waals surface area contributed by atoms with E-state index >= 15 is 0 Å². The van der Waals surface area contributed by atoms with Gasteiger partial charge in [0.05, 0.1) is 6.04 Å². The van der Waals surface area contributed by atoms with Crippen LogP contribution in [0.2, 0.25) is 0 Å². The number of carbonyl (C=O) groups excluding carboxylic acids is 1. The molecule has 7 heteroatoms. The molecule has 1 amide bonds. The van der Waals surface area contributed by atoms with Crippen LogP contribution >= 0.6 is 0 Å². The maximum absolute atomic E-state index is 13.1. The molecule has 4 heterocycles. The molecule has 3 fully saturated rings. The Morgan fingerprint density at radius 3 is 2.60 bits per heavy atom. The number of hydrogen-bond donors (Lipinski definition) is 1. The Kier molecular flexibility index (Phi) is 4.54. The van der Waals surface area contributed by atoms with Crippen molar-refractivity contribution in [2.24, 2.45) is 12.5 Å². The van der Waals surface area contributed by atoms with Crippen molar-refractivity contribution in [2.45, 2.75) is 44.1 Å². The van der Waals surface area contributed by atoms with Gasteiger partial charge in [-0.2, -0.15) is 0 Å². The van der Waals surface area contributed by atoms with E-state index in [1.54, 1.807) is 6.33 Å². The van der Waals surface area contributed by atoms with Crippen molar-refractivity contribution >= 4 is 5.91 Å². The number of amides is 1. The molecule has 0 radical (unpaired) electrons. The van der Waals surface area contributed by atoms with Gasteiger partial charge in [-0.1, -0.05) is 0 Å². The zero-order valence-corrected chi connectivity index (χ0v) is 15.4. The summed E-state index contributed by atoms with van der Waals surface area (Å²) in [5, 5.41) is 11.7. The molecule has 1 N–H and O–H groups in total. The molecular weight excluding hydrogens is 316 g/mol. The number of nitrogens with one attached hydrogen (secondary N) is 1. The lowest BCUT2D eigenvalue weighted by Gasteiger charge is -2.35. The average molecular weight is 346 g/mol. The van der Waals surface area contributed by atoms with Crippen LogP contribution in [0.15, 0.2) is 6.33 Å². The standard InChI is InChI=1S/C18H30N6O/c1-22-12-18(5-7-19-8-6-18)11-15(22)17(25)24-9-3-14(4-10-24)16-21-20-13-23(16)2/h13-15,19H,3-12H2,1-2H3. The quantitative estimate of drug-likeness (QED) is 0.849. The van der Waals surface area contributed by atoms with E-state index in [9.17, 15) is 4.79 Å². The Bertz CT molecular complexity index is 615. The second-order valence-electron chi connectivity index (χ2n) is 8.28. The molecule has 4 rings (SSSR count). The van der Waals surface area contributed by atoms with Gasteiger partial charge < -0.3 is 14.8 Å². The summed E-state index contributed by atoms with van der Waals surface area (Å²) in [4.78, 5) is 17.5. The van der Waals surface area contributed by atoms with Crippen molar-refractivity contribution in [3.05, 3.63) is 12.2 Å². The van der Waals surface area contributed by atoms with E-state index in [4.69, 9.17) is 0 Å². The summed E-state index contributed by atoms with van der Waals surface area (Å²) in [6.07, 6.45) is 7.18. The highest BCUT2D eigenvalue weighted by molar-refractivity contribution is 5.82. The van der Waals surface area contributed by atoms with Crippen LogP contribution in [-0.4, -0.2) is 76.3 Å². The van der Waals surface area contributed by atoms with Gasteiger partial charge in [0.15, 0.2) is 0 Å². The number of aryl methyl sites for hydroxylation is 1. The van der Waals surface area contributed by atoms with Crippen molar-refractivity contribution in [2.75, 3.05) is 39.8 Å². The predicted molar refractivity (Wildman–Crippen MR) is 95.1 cm³/mol. The number of aromatic nitrogens is 3. The highest BCUT2D eigenvalue weighted by Gasteiger charge is 2.46. The predicted octanol–water partition coefficient (Wildman–Crippen LogP) is 0.595. The van der Waals surface area contributed by atoms with Gasteiger partial charge in [0.2, 0.25) is 5.91 Å². The molecule has 1 aromatic heterocycles. The van der Waals surface area contributed by atoms with E-state index in [1.807, 2.05) is 11.6 Å². The molecule has 3 aliphatic heterocycles. The van der Waals surface area contributed by atoms with Crippen LogP contribution in [0.4, 0.5) is 0 Å². The molecule has 138 valence electrons. The number of rotatable bonds is 2. The number of nitrogens with zero attached hydrogens (tertiary/aromatic N) is 5. The number of hydrogen-bond acceptors (Lipinski definition) is 5. The average Bonchev–Trinajstić information content (AvgIpc) is 3.18. The molecule has 0 aliphatic carbocycles. The van der Waals surface area contributed by atoms with Gasteiger partial charge in [-0.3, -0.25) is 9.69 Å². The van der Waals surface area contributed by atoms with Crippen LogP contribution in [0, 0.1) is 5.41 Å². The molecule has 0 bridgehead atoms. The largest absolute Gasteiger partial charge is 0.341 e. The van der Waals surface area contributed by atoms with Gasteiger partial charge in [-0.05, 0) is 57.7 Å². The summed E-state index contributed by atoms with van der Waals surface area (Å²) in [6, 6.07) is 0.0736. The van der Waals surface area contributed by atoms with Crippen molar-refractivity contribution in [3.8, 4) is 0 Å². The summed E-state index contributed by atoms with van der Waals surface area (Å²) >= 11 is 0. The first-order valence-electron chi connectivity index (χ1n) is 9.62. The molecule has 3 saturated heterocycles. The third-order valence-corrected chi connectivity index (χ3v) is 6.61. The number of carbonyl (C=O) groups is 1. The minimum absolute atomic E-state index is 0.0736. The van der Waals surface area contributed by atoms with E-state index in [0.29, 0.717) is 17.2 Å². The highest BCUT2D eigenvalue weighted by atomic mass is 16.2. The molecule has 25 heavy (non-hydrogen) atoms. The summed E-state index contributed by atoms with van der Waals surface area (Å²) in [7, 11) is 4.13. The first-order chi connectivity index (χ1) is 12.1. The number of piperidine rings is 2. The third kappa shape index (κ3) is 3.19. The fourth-order valence-electron chi connectivity index (χ4n) is 5.10. The normalized spacial score (nSPS) is 27.9. The zero-order chi connectivity index (χ0) is 17.4. The molecule has 1 atom stereocenters. The summed E-state index contributed by atoms with van der Waals surface area (Å²) in [5.41, 5.74) is 0.358. The molecule has 1 unspecified atom stereocenters. The lowest BCUT2D eigenvalue weighted by Crippen LogP contribution is -2.47. The molecule has 0 saturated carbocycles. The summed E-state index contributed by atoms with van der Waals surface area (Å²) in [6.45, 7) is 4.95. The molecule has 7 nitrogen and oxygen atoms in total. The fraction of sp³-hybridized carbons (Fsp3) is 0.833. The van der Waals surface area contributed by atoms with Gasteiger partial charge in [0.25, 0.3) is 0 Å². The second-order valence-corrected chi connectivity index (χ2v) is 8.28. The molecular formula is C18H30N6O. The topological polar surface area (TPSA) is 66.3 Å². The molecule has 1 spiro atoms. The Morgan fingerprint density at radius 2 is 1.96 bits per heavy atom. The van der Waals surface area contributed by atoms with Gasteiger partial charge in [0, 0.05) is 32.6 Å². The second kappa shape index (κ2) is 6.68. The van der Waals surface area contributed by atoms with Crippen LogP contribution in [0.1, 0.15) is 43.8 Å². The van der Waals surface area contributed by atoms with Crippen molar-refractivity contribution < 1.29 is 4.79 Å². The lowest BCUT2D eigenvalue weighted by atomic mass is 9.77. The number of likely N-dealkylation sites (N-methyl/N-ethyl adjacent to an activating group) is 1. The lowest BCUT2D eigenvalue weighted by molar-refractivity contribution is -0.136. The van der Waals surface area contributed by atoms with Gasteiger partial charge >= 0.3 is 0 Å². The smallest absolute Gasteiger partial charge is 0.239 e. The van der Waals surface area contributed by atoms with Crippen molar-refractivity contribution in [1.82, 2.24) is 29.9 Å². The van der Waals surface area contributed by atoms with E-state index in [0.717, 1.165) is 57.8 Å². The van der Waals surface area contributed by atoms with E-state index in [-0.39, 0.29) is 6.04 Å². The van der Waals surface area contributed by atoms with Crippen molar-refractivity contribution in [3.63, 3.8) is 0 Å². The molecule has 0 aromatic carbocycles. The van der Waals surface area contributed by atoms with E-state index in [2.05, 4.69) is 32.4 Å². The van der Waals surface area contributed by atoms with Gasteiger partial charge in [0.1, 0.15) is 12.2 Å². The summed E-state index contributed by atoms with van der Waals surface area (Å²) in [5.74, 6) is 1.82. The summed E-state index contributed by atoms with van der Waals surface area (Å²) < 4.78 is 2.01. The van der Waals surface area contributed by atoms with Crippen LogP contribution in [0.25, 0.3) is 0 Å². The van der Waals surface area contributed by atoms with Crippen LogP contribution in [-0.2, 0) is 11.8 Å².